The first-order valence-electron chi connectivity index (χ1n) is 22.0. The highest BCUT2D eigenvalue weighted by Crippen LogP contribution is 2.38. The summed E-state index contributed by atoms with van der Waals surface area (Å²) in [6, 6.07) is 22.1. The van der Waals surface area contributed by atoms with Crippen molar-refractivity contribution < 1.29 is 67.3 Å². The Bertz CT molecular complexity index is 2010. The number of allylic oxidation sites excluding steroid dienone is 1. The van der Waals surface area contributed by atoms with E-state index in [4.69, 9.17) is 33.2 Å². The van der Waals surface area contributed by atoms with Crippen LogP contribution < -0.4 is 0 Å². The van der Waals surface area contributed by atoms with Crippen molar-refractivity contribution in [2.45, 2.75) is 133 Å². The van der Waals surface area contributed by atoms with Crippen molar-refractivity contribution in [2.75, 3.05) is 13.2 Å². The predicted molar refractivity (Wildman–Crippen MR) is 236 cm³/mol. The third-order valence-electron chi connectivity index (χ3n) is 10.7. The third kappa shape index (κ3) is 17.2. The Hall–Kier alpha value is -6.42. The molecular weight excluding hydrogens is 843 g/mol. The van der Waals surface area contributed by atoms with E-state index in [-0.39, 0.29) is 16.7 Å². The maximum absolute atomic E-state index is 13.8. The van der Waals surface area contributed by atoms with Crippen molar-refractivity contribution in [2.24, 2.45) is 5.11 Å². The van der Waals surface area contributed by atoms with Crippen LogP contribution in [0, 0.1) is 0 Å². The lowest BCUT2D eigenvalue weighted by molar-refractivity contribution is -0.355. The number of carbonyl (C=O) groups excluding carboxylic acids is 3. The van der Waals surface area contributed by atoms with Gasteiger partial charge in [-0.3, -0.25) is 0 Å². The van der Waals surface area contributed by atoms with E-state index in [0.717, 1.165) is 25.7 Å². The lowest BCUT2D eigenvalue weighted by Gasteiger charge is -2.49. The van der Waals surface area contributed by atoms with E-state index in [1.165, 1.54) is 76.1 Å². The van der Waals surface area contributed by atoms with E-state index >= 15 is 0 Å². The van der Waals surface area contributed by atoms with Crippen molar-refractivity contribution in [1.29, 1.82) is 0 Å². The first kappa shape index (κ1) is 51.2. The lowest BCUT2D eigenvalue weighted by atomic mass is 9.92. The number of benzene rings is 3. The molecule has 2 N–H and O–H groups in total. The minimum atomic E-state index is -2.27. The Labute approximate surface area is 378 Å². The maximum Gasteiger partial charge on any atom is 0.506 e. The molecule has 0 unspecified atom stereocenters. The second kappa shape index (κ2) is 27.7. The van der Waals surface area contributed by atoms with E-state index in [1.54, 1.807) is 72.8 Å². The second-order valence-electron chi connectivity index (χ2n) is 15.6. The number of unbranched alkanes of at least 4 members (excludes halogenated alkanes) is 11. The SMILES string of the molecule is CCCCCCCCCCCCCC=C[C@@H](OC(=O)c1ccccc1)[C@H](CO[C@@]1(C)O[C@H](COC(=O)O)[C@H](OC(=O)O)[C@H](OC(=O)c2ccccc2)[C@H]1OC(=O)c1ccccc1)N=[N+]=[N-]. The molecule has 0 aromatic heterocycles. The number of ether oxygens (including phenoxy) is 7. The Balaban J connectivity index is 1.65. The molecule has 1 saturated heterocycles. The quantitative estimate of drug-likeness (QED) is 0.0138. The van der Waals surface area contributed by atoms with Crippen LogP contribution in [-0.2, 0) is 33.2 Å². The summed E-state index contributed by atoms with van der Waals surface area (Å²) >= 11 is 0. The number of hydrogen-bond donors (Lipinski definition) is 2. The van der Waals surface area contributed by atoms with Crippen LogP contribution in [0.1, 0.15) is 122 Å². The lowest BCUT2D eigenvalue weighted by Crippen LogP contribution is -2.68. The van der Waals surface area contributed by atoms with Crippen molar-refractivity contribution in [3.8, 4) is 0 Å². The van der Waals surface area contributed by atoms with Crippen LogP contribution >= 0.6 is 0 Å². The molecule has 0 amide bonds. The average Bonchev–Trinajstić information content (AvgIpc) is 3.31. The second-order valence-corrected chi connectivity index (χ2v) is 15.6. The molecule has 65 heavy (non-hydrogen) atoms. The summed E-state index contributed by atoms with van der Waals surface area (Å²) in [5.74, 6) is -4.97. The highest BCUT2D eigenvalue weighted by Gasteiger charge is 2.59. The first-order chi connectivity index (χ1) is 31.4. The van der Waals surface area contributed by atoms with Crippen molar-refractivity contribution in [3.63, 3.8) is 0 Å². The molecule has 3 aromatic rings. The molecule has 0 aliphatic carbocycles. The van der Waals surface area contributed by atoms with Crippen molar-refractivity contribution >= 4 is 30.2 Å². The van der Waals surface area contributed by atoms with Crippen LogP contribution in [0.5, 0.6) is 0 Å². The summed E-state index contributed by atoms with van der Waals surface area (Å²) in [6.07, 6.45) is 4.77. The van der Waals surface area contributed by atoms with Gasteiger partial charge in [-0.1, -0.05) is 137 Å². The van der Waals surface area contributed by atoms with Gasteiger partial charge in [0.2, 0.25) is 5.79 Å². The van der Waals surface area contributed by atoms with Gasteiger partial charge in [0.05, 0.1) is 23.3 Å². The number of carboxylic acid groups (broad SMARTS) is 2. The van der Waals surface area contributed by atoms with Crippen molar-refractivity contribution in [3.05, 3.63) is 130 Å². The number of hydrogen-bond acceptors (Lipinski definition) is 13. The van der Waals surface area contributed by atoms with Gasteiger partial charge >= 0.3 is 30.2 Å². The molecular formula is C48H59N3O14. The molecule has 0 radical (unpaired) electrons. The molecule has 0 spiro atoms. The fourth-order valence-corrected chi connectivity index (χ4v) is 7.28. The highest BCUT2D eigenvalue weighted by molar-refractivity contribution is 5.91. The third-order valence-corrected chi connectivity index (χ3v) is 10.7. The number of rotatable bonds is 27. The summed E-state index contributed by atoms with van der Waals surface area (Å²) in [7, 11) is 0. The Morgan fingerprint density at radius 1 is 0.708 bits per heavy atom. The van der Waals surface area contributed by atoms with E-state index < -0.39 is 85.8 Å². The Morgan fingerprint density at radius 2 is 1.22 bits per heavy atom. The fraction of sp³-hybridized carbons (Fsp3) is 0.479. The van der Waals surface area contributed by atoms with Gasteiger partial charge in [-0.05, 0) is 67.8 Å². The molecule has 7 atom stereocenters. The van der Waals surface area contributed by atoms with Gasteiger partial charge in [0.25, 0.3) is 0 Å². The van der Waals surface area contributed by atoms with E-state index in [0.29, 0.717) is 6.42 Å². The molecule has 0 bridgehead atoms. The topological polar surface area (TPSA) is 239 Å². The summed E-state index contributed by atoms with van der Waals surface area (Å²) in [6.45, 7) is 2.00. The first-order valence-corrected chi connectivity index (χ1v) is 22.0. The molecule has 350 valence electrons. The predicted octanol–water partition coefficient (Wildman–Crippen LogP) is 10.5. The molecule has 1 aliphatic heterocycles. The summed E-state index contributed by atoms with van der Waals surface area (Å²) < 4.78 is 40.3. The van der Waals surface area contributed by atoms with E-state index in [9.17, 15) is 39.7 Å². The van der Waals surface area contributed by atoms with Gasteiger partial charge in [0.15, 0.2) is 18.3 Å². The normalized spacial score (nSPS) is 20.1. The Kier molecular flexibility index (Phi) is 21.8. The molecule has 1 heterocycles. The van der Waals surface area contributed by atoms with Gasteiger partial charge in [0, 0.05) is 4.91 Å². The van der Waals surface area contributed by atoms with Gasteiger partial charge < -0.3 is 43.4 Å². The van der Waals surface area contributed by atoms with E-state index in [1.807, 2.05) is 6.08 Å². The van der Waals surface area contributed by atoms with Crippen LogP contribution in [0.3, 0.4) is 0 Å². The molecule has 1 aliphatic rings. The minimum absolute atomic E-state index is 0.0219. The molecule has 0 saturated carbocycles. The van der Waals surface area contributed by atoms with Crippen LogP contribution in [0.4, 0.5) is 9.59 Å². The number of nitrogens with zero attached hydrogens (tertiary/aromatic N) is 3. The Morgan fingerprint density at radius 3 is 1.72 bits per heavy atom. The van der Waals surface area contributed by atoms with Crippen LogP contribution in [0.25, 0.3) is 10.4 Å². The summed E-state index contributed by atoms with van der Waals surface area (Å²) in [5, 5.41) is 23.2. The van der Waals surface area contributed by atoms with Gasteiger partial charge in [0.1, 0.15) is 24.9 Å². The van der Waals surface area contributed by atoms with Gasteiger partial charge in [-0.2, -0.15) is 0 Å². The summed E-state index contributed by atoms with van der Waals surface area (Å²) in [4.78, 5) is 67.6. The molecule has 1 fully saturated rings. The average molecular weight is 902 g/mol. The van der Waals surface area contributed by atoms with Gasteiger partial charge in [-0.15, -0.1) is 0 Å². The van der Waals surface area contributed by atoms with Crippen LogP contribution in [0.2, 0.25) is 0 Å². The van der Waals surface area contributed by atoms with Gasteiger partial charge in [-0.25, -0.2) is 24.0 Å². The molecule has 4 rings (SSSR count). The van der Waals surface area contributed by atoms with Crippen LogP contribution in [0.15, 0.2) is 108 Å². The zero-order chi connectivity index (χ0) is 46.9. The molecule has 17 nitrogen and oxygen atoms in total. The van der Waals surface area contributed by atoms with E-state index in [2.05, 4.69) is 16.9 Å². The maximum atomic E-state index is 13.8. The zero-order valence-electron chi connectivity index (χ0n) is 36.8. The molecule has 3 aromatic carbocycles. The summed E-state index contributed by atoms with van der Waals surface area (Å²) in [5.41, 5.74) is 10.1. The van der Waals surface area contributed by atoms with Crippen LogP contribution in [-0.4, -0.2) is 96.0 Å². The fourth-order valence-electron chi connectivity index (χ4n) is 7.28. The number of azide groups is 1. The highest BCUT2D eigenvalue weighted by atomic mass is 16.8. The monoisotopic (exact) mass is 901 g/mol. The standard InChI is InChI=1S/C48H59N3O14/c1-3-4-5-6-7-8-9-10-11-12-13-14-24-31-38(61-43(52)34-25-18-15-19-26-34)37(50-51-49)32-60-48(2)42(64-45(54)36-29-22-17-23-30-36)41(62-44(53)35-27-20-16-21-28-35)40(63-47(57)58)39(65-48)33-59-46(55)56/h15-31,37-42H,3-14,32-33H2,1-2H3,(H,55,56)(H,57,58)/t37-,38+,39+,40-,41-,42+,48-/m0/s1. The minimum Gasteiger partial charge on any atom is -0.454 e. The zero-order valence-corrected chi connectivity index (χ0v) is 36.8. The largest absolute Gasteiger partial charge is 0.506 e. The molecule has 17 heteroatoms. The number of esters is 3. The van der Waals surface area contributed by atoms with Crippen molar-refractivity contribution in [1.82, 2.24) is 0 Å². The smallest absolute Gasteiger partial charge is 0.454 e. The number of carbonyl (C=O) groups is 5.